The summed E-state index contributed by atoms with van der Waals surface area (Å²) < 4.78 is 32.3. The molecule has 158 valence electrons. The van der Waals surface area contributed by atoms with Gasteiger partial charge in [-0.2, -0.15) is 0 Å². The van der Waals surface area contributed by atoms with Gasteiger partial charge in [0.1, 0.15) is 5.75 Å². The fourth-order valence-electron chi connectivity index (χ4n) is 4.71. The van der Waals surface area contributed by atoms with E-state index in [1.165, 1.54) is 0 Å². The lowest BCUT2D eigenvalue weighted by Gasteiger charge is -2.39. The predicted octanol–water partition coefficient (Wildman–Crippen LogP) is 4.87. The second-order valence-electron chi connectivity index (χ2n) is 8.32. The number of hydrogen-bond acceptors (Lipinski definition) is 4. The molecule has 0 amide bonds. The predicted molar refractivity (Wildman–Crippen MR) is 116 cm³/mol. The molecule has 5 heteroatoms. The first-order valence-electron chi connectivity index (χ1n) is 10.4. The van der Waals surface area contributed by atoms with E-state index >= 15 is 0 Å². The monoisotopic (exact) mass is 416 g/mol. The fourth-order valence-corrected chi connectivity index (χ4v) is 6.96. The number of benzene rings is 2. The van der Waals surface area contributed by atoms with Crippen LogP contribution in [0.3, 0.4) is 0 Å². The molecule has 4 nitrogen and oxygen atoms in total. The van der Waals surface area contributed by atoms with Crippen molar-refractivity contribution < 1.29 is 18.3 Å². The van der Waals surface area contributed by atoms with Crippen LogP contribution in [0.15, 0.2) is 47.4 Å². The van der Waals surface area contributed by atoms with Crippen molar-refractivity contribution in [2.75, 3.05) is 12.9 Å². The second-order valence-corrected chi connectivity index (χ2v) is 10.3. The Kier molecular flexibility index (Phi) is 6.39. The number of methoxy groups -OCH3 is 1. The third-order valence-corrected chi connectivity index (χ3v) is 8.44. The van der Waals surface area contributed by atoms with Gasteiger partial charge in [-0.05, 0) is 49.1 Å². The van der Waals surface area contributed by atoms with E-state index in [1.807, 2.05) is 32.0 Å². The Labute approximate surface area is 174 Å². The van der Waals surface area contributed by atoms with Gasteiger partial charge in [0, 0.05) is 11.3 Å². The highest BCUT2D eigenvalue weighted by Crippen LogP contribution is 2.49. The minimum Gasteiger partial charge on any atom is -0.497 e. The Bertz CT molecular complexity index is 967. The number of sulfone groups is 1. The van der Waals surface area contributed by atoms with Gasteiger partial charge in [-0.1, -0.05) is 56.5 Å². The summed E-state index contributed by atoms with van der Waals surface area (Å²) in [6, 6.07) is 13.1. The largest absolute Gasteiger partial charge is 0.497 e. The summed E-state index contributed by atoms with van der Waals surface area (Å²) >= 11 is 0. The number of aliphatic hydroxyl groups excluding tert-OH is 1. The Hall–Kier alpha value is -1.85. The average molecular weight is 417 g/mol. The molecule has 0 saturated carbocycles. The molecule has 29 heavy (non-hydrogen) atoms. The third kappa shape index (κ3) is 4.08. The molecular weight excluding hydrogens is 384 g/mol. The number of rotatable bonds is 6. The van der Waals surface area contributed by atoms with Crippen LogP contribution >= 0.6 is 0 Å². The van der Waals surface area contributed by atoms with E-state index in [-0.39, 0.29) is 5.75 Å². The van der Waals surface area contributed by atoms with Crippen LogP contribution in [0.5, 0.6) is 5.75 Å². The van der Waals surface area contributed by atoms with Crippen LogP contribution in [0.2, 0.25) is 0 Å². The van der Waals surface area contributed by atoms with Gasteiger partial charge in [-0.3, -0.25) is 0 Å². The lowest BCUT2D eigenvalue weighted by atomic mass is 9.69. The molecule has 2 aromatic rings. The van der Waals surface area contributed by atoms with E-state index in [1.54, 1.807) is 25.3 Å². The lowest BCUT2D eigenvalue weighted by molar-refractivity contribution is 0.0174. The first kappa shape index (κ1) is 21.8. The van der Waals surface area contributed by atoms with E-state index in [9.17, 15) is 13.5 Å². The summed E-state index contributed by atoms with van der Waals surface area (Å²) in [5.74, 6) is 0.148. The van der Waals surface area contributed by atoms with Crippen LogP contribution in [0.4, 0.5) is 0 Å². The van der Waals surface area contributed by atoms with Gasteiger partial charge in [0.2, 0.25) is 0 Å². The van der Waals surface area contributed by atoms with E-state index in [4.69, 9.17) is 4.74 Å². The van der Waals surface area contributed by atoms with Crippen molar-refractivity contribution in [3.05, 3.63) is 59.2 Å². The second kappa shape index (κ2) is 8.49. The molecule has 0 unspecified atom stereocenters. The van der Waals surface area contributed by atoms with Crippen LogP contribution in [0.1, 0.15) is 62.1 Å². The highest BCUT2D eigenvalue weighted by molar-refractivity contribution is 7.91. The molecule has 3 atom stereocenters. The molecule has 1 heterocycles. The molecular formula is C24H32O4S. The number of unbranched alkanes of at least 4 members (excludes halogenated alkanes) is 1. The zero-order valence-electron chi connectivity index (χ0n) is 17.8. The summed E-state index contributed by atoms with van der Waals surface area (Å²) in [5.41, 5.74) is 1.98. The van der Waals surface area contributed by atoms with E-state index in [0.717, 1.165) is 24.0 Å². The summed E-state index contributed by atoms with van der Waals surface area (Å²) in [7, 11) is -1.98. The van der Waals surface area contributed by atoms with Gasteiger partial charge in [0.05, 0.1) is 23.9 Å². The molecule has 0 fully saturated rings. The fraction of sp³-hybridized carbons (Fsp3) is 0.500. The Morgan fingerprint density at radius 1 is 1.17 bits per heavy atom. The highest BCUT2D eigenvalue weighted by atomic mass is 32.2. The van der Waals surface area contributed by atoms with Gasteiger partial charge >= 0.3 is 0 Å². The van der Waals surface area contributed by atoms with Gasteiger partial charge < -0.3 is 9.84 Å². The molecule has 0 aromatic heterocycles. The van der Waals surface area contributed by atoms with Gasteiger partial charge in [-0.25, -0.2) is 8.42 Å². The normalized spacial score (nSPS) is 25.8. The topological polar surface area (TPSA) is 63.6 Å². The van der Waals surface area contributed by atoms with Crippen molar-refractivity contribution in [3.8, 4) is 5.75 Å². The maximum absolute atomic E-state index is 13.5. The van der Waals surface area contributed by atoms with E-state index < -0.39 is 27.3 Å². The Morgan fingerprint density at radius 3 is 2.55 bits per heavy atom. The first-order valence-corrected chi connectivity index (χ1v) is 12.1. The molecule has 0 aliphatic carbocycles. The molecule has 3 rings (SSSR count). The third-order valence-electron chi connectivity index (χ3n) is 6.44. The van der Waals surface area contributed by atoms with Crippen molar-refractivity contribution in [3.63, 3.8) is 0 Å². The zero-order chi connectivity index (χ0) is 21.2. The van der Waals surface area contributed by atoms with Crippen molar-refractivity contribution in [1.29, 1.82) is 0 Å². The molecule has 1 aliphatic heterocycles. The molecule has 1 N–H and O–H groups in total. The smallest absolute Gasteiger partial charge is 0.179 e. The summed E-state index contributed by atoms with van der Waals surface area (Å²) in [5, 5.41) is 11.8. The standard InChI is InChI=1S/C24H32O4S/c1-5-7-13-24(6-2)16-29(26,27)21-12-11-19(28-4)15-20(21)22(23(24)25)18-10-8-9-17(3)14-18/h8-12,14-15,22-23,25H,5-7,13,16H2,1-4H3/t22-,23-,24-/m1/s1. The van der Waals surface area contributed by atoms with Crippen molar-refractivity contribution >= 4 is 9.84 Å². The van der Waals surface area contributed by atoms with Gasteiger partial charge in [0.15, 0.2) is 9.84 Å². The van der Waals surface area contributed by atoms with Crippen LogP contribution in [-0.4, -0.2) is 32.5 Å². The summed E-state index contributed by atoms with van der Waals surface area (Å²) in [4.78, 5) is 0.315. The van der Waals surface area contributed by atoms with E-state index in [0.29, 0.717) is 29.1 Å². The first-order chi connectivity index (χ1) is 13.8. The van der Waals surface area contributed by atoms with Crippen LogP contribution in [0, 0.1) is 12.3 Å². The average Bonchev–Trinajstić information content (AvgIpc) is 2.77. The van der Waals surface area contributed by atoms with Crippen molar-refractivity contribution in [2.45, 2.75) is 63.4 Å². The minimum atomic E-state index is -3.55. The van der Waals surface area contributed by atoms with Crippen LogP contribution in [-0.2, 0) is 9.84 Å². The number of aliphatic hydroxyl groups is 1. The number of fused-ring (bicyclic) bond motifs is 1. The molecule has 0 bridgehead atoms. The summed E-state index contributed by atoms with van der Waals surface area (Å²) in [6.45, 7) is 6.11. The molecule has 2 aromatic carbocycles. The lowest BCUT2D eigenvalue weighted by Crippen LogP contribution is -2.42. The molecule has 0 radical (unpaired) electrons. The zero-order valence-corrected chi connectivity index (χ0v) is 18.6. The van der Waals surface area contributed by atoms with Crippen LogP contribution in [0.25, 0.3) is 0 Å². The molecule has 0 saturated heterocycles. The molecule has 1 aliphatic rings. The highest BCUT2D eigenvalue weighted by Gasteiger charge is 2.48. The van der Waals surface area contributed by atoms with Crippen molar-refractivity contribution in [2.24, 2.45) is 5.41 Å². The van der Waals surface area contributed by atoms with Gasteiger partial charge in [0.25, 0.3) is 0 Å². The van der Waals surface area contributed by atoms with E-state index in [2.05, 4.69) is 13.0 Å². The SMILES string of the molecule is CCCC[C@]1(CC)CS(=O)(=O)c2ccc(OC)cc2[C@@H](c2cccc(C)c2)[C@H]1O. The minimum absolute atomic E-state index is 0.0285. The maximum Gasteiger partial charge on any atom is 0.179 e. The summed E-state index contributed by atoms with van der Waals surface area (Å²) in [6.07, 6.45) is 2.35. The number of hydrogen-bond donors (Lipinski definition) is 1. The van der Waals surface area contributed by atoms with Gasteiger partial charge in [-0.15, -0.1) is 0 Å². The Balaban J connectivity index is 2.31. The number of aryl methyl sites for hydroxylation is 1. The quantitative estimate of drug-likeness (QED) is 0.730. The maximum atomic E-state index is 13.5. The molecule has 0 spiro atoms. The number of ether oxygens (including phenoxy) is 1. The van der Waals surface area contributed by atoms with Crippen molar-refractivity contribution in [1.82, 2.24) is 0 Å². The van der Waals surface area contributed by atoms with Crippen LogP contribution < -0.4 is 4.74 Å². The Morgan fingerprint density at radius 2 is 1.93 bits per heavy atom.